The van der Waals surface area contributed by atoms with E-state index >= 15 is 0 Å². The normalized spacial score (nSPS) is 11.4. The van der Waals surface area contributed by atoms with Crippen molar-refractivity contribution in [3.63, 3.8) is 0 Å². The summed E-state index contributed by atoms with van der Waals surface area (Å²) in [5, 5.41) is 7.63. The summed E-state index contributed by atoms with van der Waals surface area (Å²) in [6.07, 6.45) is 1.90. The average Bonchev–Trinajstić information content (AvgIpc) is 2.54. The van der Waals surface area contributed by atoms with E-state index in [1.54, 1.807) is 18.2 Å². The van der Waals surface area contributed by atoms with E-state index < -0.39 is 0 Å². The van der Waals surface area contributed by atoms with Crippen LogP contribution in [-0.4, -0.2) is 34.1 Å². The van der Waals surface area contributed by atoms with Crippen LogP contribution < -0.4 is 5.56 Å². The van der Waals surface area contributed by atoms with Gasteiger partial charge in [-0.2, -0.15) is 5.10 Å². The molecule has 0 bridgehead atoms. The number of hydrogen-bond acceptors (Lipinski definition) is 3. The predicted molar refractivity (Wildman–Crippen MR) is 97.2 cm³/mol. The molecule has 0 saturated heterocycles. The Labute approximate surface area is 143 Å². The molecule has 5 heteroatoms. The van der Waals surface area contributed by atoms with Crippen LogP contribution in [0.5, 0.6) is 0 Å². The Balaban J connectivity index is 2.34. The van der Waals surface area contributed by atoms with Gasteiger partial charge in [0.2, 0.25) is 0 Å². The van der Waals surface area contributed by atoms with Gasteiger partial charge in [-0.25, -0.2) is 5.10 Å². The smallest absolute Gasteiger partial charge is 0.274 e. The molecule has 1 amide bonds. The number of carbonyl (C=O) groups is 1. The standard InChI is InChI=1S/C19H27N3O2/c1-13(2)9-11-22(12-10-14(3)4)19(24)17-15-7-5-6-8-16(15)18(23)21-20-17/h5-8,13-14H,9-12H2,1-4H3,(H,21,23). The summed E-state index contributed by atoms with van der Waals surface area (Å²) in [5.41, 5.74) is 0.0655. The van der Waals surface area contributed by atoms with Crippen LogP contribution in [0.25, 0.3) is 10.8 Å². The molecule has 130 valence electrons. The monoisotopic (exact) mass is 329 g/mol. The third kappa shape index (κ3) is 4.43. The zero-order valence-electron chi connectivity index (χ0n) is 15.0. The Bertz CT molecular complexity index is 738. The van der Waals surface area contributed by atoms with E-state index in [9.17, 15) is 9.59 Å². The van der Waals surface area contributed by atoms with Gasteiger partial charge in [-0.15, -0.1) is 0 Å². The fourth-order valence-corrected chi connectivity index (χ4v) is 2.57. The van der Waals surface area contributed by atoms with Gasteiger partial charge in [-0.05, 0) is 30.7 Å². The number of carbonyl (C=O) groups excluding carboxylic acids is 1. The highest BCUT2D eigenvalue weighted by molar-refractivity contribution is 6.04. The molecule has 0 aliphatic heterocycles. The molecule has 5 nitrogen and oxygen atoms in total. The minimum absolute atomic E-state index is 0.108. The number of nitrogens with zero attached hydrogens (tertiary/aromatic N) is 2. The molecule has 0 saturated carbocycles. The minimum Gasteiger partial charge on any atom is -0.337 e. The summed E-state index contributed by atoms with van der Waals surface area (Å²) in [7, 11) is 0. The number of nitrogens with one attached hydrogen (secondary N) is 1. The van der Waals surface area contributed by atoms with E-state index in [0.717, 1.165) is 12.8 Å². The molecular weight excluding hydrogens is 302 g/mol. The van der Waals surface area contributed by atoms with Crippen molar-refractivity contribution in [1.29, 1.82) is 0 Å². The molecule has 0 unspecified atom stereocenters. The zero-order chi connectivity index (χ0) is 17.7. The van der Waals surface area contributed by atoms with Crippen molar-refractivity contribution < 1.29 is 4.79 Å². The maximum absolute atomic E-state index is 13.0. The average molecular weight is 329 g/mol. The fraction of sp³-hybridized carbons (Fsp3) is 0.526. The quantitative estimate of drug-likeness (QED) is 0.846. The van der Waals surface area contributed by atoms with Crippen LogP contribution in [0, 0.1) is 11.8 Å². The molecule has 24 heavy (non-hydrogen) atoms. The highest BCUT2D eigenvalue weighted by Gasteiger charge is 2.21. The molecular formula is C19H27N3O2. The molecule has 2 rings (SSSR count). The lowest BCUT2D eigenvalue weighted by Gasteiger charge is -2.24. The van der Waals surface area contributed by atoms with Gasteiger partial charge in [0.25, 0.3) is 11.5 Å². The van der Waals surface area contributed by atoms with E-state index in [4.69, 9.17) is 0 Å². The van der Waals surface area contributed by atoms with Crippen molar-refractivity contribution in [2.24, 2.45) is 11.8 Å². The highest BCUT2D eigenvalue weighted by Crippen LogP contribution is 2.16. The minimum atomic E-state index is -0.266. The molecule has 1 N–H and O–H groups in total. The van der Waals surface area contributed by atoms with Gasteiger partial charge < -0.3 is 4.90 Å². The van der Waals surface area contributed by atoms with Gasteiger partial charge >= 0.3 is 0 Å². The summed E-state index contributed by atoms with van der Waals surface area (Å²) in [6.45, 7) is 10.0. The summed E-state index contributed by atoms with van der Waals surface area (Å²) in [6, 6.07) is 7.13. The summed E-state index contributed by atoms with van der Waals surface area (Å²) < 4.78 is 0. The van der Waals surface area contributed by atoms with E-state index in [0.29, 0.717) is 41.4 Å². The van der Waals surface area contributed by atoms with Gasteiger partial charge in [0, 0.05) is 18.5 Å². The summed E-state index contributed by atoms with van der Waals surface area (Å²) in [5.74, 6) is 0.947. The fourth-order valence-electron chi connectivity index (χ4n) is 2.57. The summed E-state index contributed by atoms with van der Waals surface area (Å²) in [4.78, 5) is 26.8. The lowest BCUT2D eigenvalue weighted by molar-refractivity contribution is 0.0736. The zero-order valence-corrected chi connectivity index (χ0v) is 15.0. The molecule has 1 aromatic carbocycles. The molecule has 0 aliphatic rings. The lowest BCUT2D eigenvalue weighted by Crippen LogP contribution is -2.35. The van der Waals surface area contributed by atoms with Crippen molar-refractivity contribution in [1.82, 2.24) is 15.1 Å². The number of benzene rings is 1. The van der Waals surface area contributed by atoms with Gasteiger partial charge in [0.15, 0.2) is 5.69 Å². The van der Waals surface area contributed by atoms with E-state index in [1.807, 2.05) is 11.0 Å². The van der Waals surface area contributed by atoms with Crippen LogP contribution >= 0.6 is 0 Å². The predicted octanol–water partition coefficient (Wildman–Crippen LogP) is 3.46. The second kappa shape index (κ2) is 8.08. The first-order valence-corrected chi connectivity index (χ1v) is 8.66. The molecule has 1 heterocycles. The number of fused-ring (bicyclic) bond motifs is 1. The van der Waals surface area contributed by atoms with Gasteiger partial charge in [0.05, 0.1) is 5.39 Å². The number of rotatable bonds is 7. The van der Waals surface area contributed by atoms with Gasteiger partial charge in [-0.3, -0.25) is 9.59 Å². The molecule has 0 fully saturated rings. The SMILES string of the molecule is CC(C)CCN(CCC(C)C)C(=O)c1n[nH]c(=O)c2ccccc12. The summed E-state index contributed by atoms with van der Waals surface area (Å²) >= 11 is 0. The number of amides is 1. The topological polar surface area (TPSA) is 66.1 Å². The number of hydrogen-bond donors (Lipinski definition) is 1. The molecule has 2 aromatic rings. The maximum atomic E-state index is 13.0. The second-order valence-corrected chi connectivity index (χ2v) is 7.10. The van der Waals surface area contributed by atoms with Crippen LogP contribution in [0.3, 0.4) is 0 Å². The largest absolute Gasteiger partial charge is 0.337 e. The first-order chi connectivity index (χ1) is 11.4. The van der Waals surface area contributed by atoms with Crippen LogP contribution in [0.1, 0.15) is 51.0 Å². The Morgan fingerprint density at radius 3 is 2.12 bits per heavy atom. The Kier molecular flexibility index (Phi) is 6.12. The second-order valence-electron chi connectivity index (χ2n) is 7.10. The Morgan fingerprint density at radius 2 is 1.58 bits per heavy atom. The van der Waals surface area contributed by atoms with E-state index in [1.165, 1.54) is 0 Å². The van der Waals surface area contributed by atoms with Crippen molar-refractivity contribution in [3.8, 4) is 0 Å². The first kappa shape index (κ1) is 18.2. The number of aromatic amines is 1. The van der Waals surface area contributed by atoms with Gasteiger partial charge in [-0.1, -0.05) is 45.9 Å². The van der Waals surface area contributed by atoms with Gasteiger partial charge in [0.1, 0.15) is 0 Å². The number of H-pyrrole nitrogens is 1. The van der Waals surface area contributed by atoms with E-state index in [-0.39, 0.29) is 11.5 Å². The van der Waals surface area contributed by atoms with Crippen molar-refractivity contribution in [2.45, 2.75) is 40.5 Å². The molecule has 0 spiro atoms. The third-order valence-corrected chi connectivity index (χ3v) is 4.14. The number of aromatic nitrogens is 2. The Morgan fingerprint density at radius 1 is 1.04 bits per heavy atom. The molecule has 0 radical (unpaired) electrons. The van der Waals surface area contributed by atoms with E-state index in [2.05, 4.69) is 37.9 Å². The van der Waals surface area contributed by atoms with Crippen molar-refractivity contribution in [3.05, 3.63) is 40.3 Å². The van der Waals surface area contributed by atoms with Crippen molar-refractivity contribution >= 4 is 16.7 Å². The third-order valence-electron chi connectivity index (χ3n) is 4.14. The van der Waals surface area contributed by atoms with Crippen LogP contribution in [0.15, 0.2) is 29.1 Å². The van der Waals surface area contributed by atoms with Crippen LogP contribution in [0.4, 0.5) is 0 Å². The van der Waals surface area contributed by atoms with Crippen molar-refractivity contribution in [2.75, 3.05) is 13.1 Å². The Hall–Kier alpha value is -2.17. The first-order valence-electron chi connectivity index (χ1n) is 8.66. The van der Waals surface area contributed by atoms with Crippen LogP contribution in [-0.2, 0) is 0 Å². The molecule has 0 aliphatic carbocycles. The highest BCUT2D eigenvalue weighted by atomic mass is 16.2. The lowest BCUT2D eigenvalue weighted by atomic mass is 10.1. The maximum Gasteiger partial charge on any atom is 0.274 e. The van der Waals surface area contributed by atoms with Crippen LogP contribution in [0.2, 0.25) is 0 Å². The molecule has 1 aromatic heterocycles. The molecule has 0 atom stereocenters.